The van der Waals surface area contributed by atoms with Crippen LogP contribution in [-0.4, -0.2) is 30.4 Å². The standard InChI is InChI=1S/C23H27NO2/c1-16-9-12-22-21(16)7-4-8-23(22)26-15-20(25)14-24-19-11-10-17-5-2-3-6-18(17)13-19/h2-9,19-20,24-25H,10-15H2,1H3. The van der Waals surface area contributed by atoms with Gasteiger partial charge in [0.05, 0.1) is 0 Å². The molecule has 136 valence electrons. The molecule has 0 saturated heterocycles. The van der Waals surface area contributed by atoms with Gasteiger partial charge >= 0.3 is 0 Å². The molecule has 3 heteroatoms. The van der Waals surface area contributed by atoms with Gasteiger partial charge in [0.15, 0.2) is 0 Å². The van der Waals surface area contributed by atoms with Gasteiger partial charge in [0.2, 0.25) is 0 Å². The topological polar surface area (TPSA) is 41.5 Å². The molecule has 0 heterocycles. The van der Waals surface area contributed by atoms with Gasteiger partial charge in [-0.1, -0.05) is 42.5 Å². The number of hydrogen-bond donors (Lipinski definition) is 2. The Labute approximate surface area is 155 Å². The van der Waals surface area contributed by atoms with E-state index >= 15 is 0 Å². The summed E-state index contributed by atoms with van der Waals surface area (Å²) in [6.45, 7) is 3.03. The fraction of sp³-hybridized carbons (Fsp3) is 0.391. The number of aryl methyl sites for hydroxylation is 1. The first-order valence-electron chi connectivity index (χ1n) is 9.61. The van der Waals surface area contributed by atoms with E-state index in [-0.39, 0.29) is 0 Å². The summed E-state index contributed by atoms with van der Waals surface area (Å²) in [5, 5.41) is 13.9. The van der Waals surface area contributed by atoms with Crippen LogP contribution in [0.2, 0.25) is 0 Å². The zero-order chi connectivity index (χ0) is 17.9. The monoisotopic (exact) mass is 349 g/mol. The second-order valence-electron chi connectivity index (χ2n) is 7.46. The third-order valence-corrected chi connectivity index (χ3v) is 5.59. The van der Waals surface area contributed by atoms with Gasteiger partial charge in [0.25, 0.3) is 0 Å². The normalized spacial score (nSPS) is 19.5. The van der Waals surface area contributed by atoms with Crippen molar-refractivity contribution >= 4 is 5.57 Å². The van der Waals surface area contributed by atoms with Crippen LogP contribution in [0.5, 0.6) is 5.75 Å². The number of nitrogens with one attached hydrogen (secondary N) is 1. The Bertz CT molecular complexity index is 812. The number of benzene rings is 2. The highest BCUT2D eigenvalue weighted by molar-refractivity contribution is 5.73. The molecular weight excluding hydrogens is 322 g/mol. The number of aliphatic hydroxyl groups is 1. The number of ether oxygens (including phenoxy) is 1. The Morgan fingerprint density at radius 3 is 2.88 bits per heavy atom. The number of fused-ring (bicyclic) bond motifs is 2. The largest absolute Gasteiger partial charge is 0.491 e. The average molecular weight is 349 g/mol. The van der Waals surface area contributed by atoms with Crippen LogP contribution in [0.4, 0.5) is 0 Å². The first-order chi connectivity index (χ1) is 12.7. The summed E-state index contributed by atoms with van der Waals surface area (Å²) in [6, 6.07) is 15.3. The van der Waals surface area contributed by atoms with E-state index in [2.05, 4.69) is 48.6 Å². The lowest BCUT2D eigenvalue weighted by atomic mass is 9.88. The summed E-state index contributed by atoms with van der Waals surface area (Å²) >= 11 is 0. The molecule has 26 heavy (non-hydrogen) atoms. The molecule has 2 N–H and O–H groups in total. The molecule has 2 aromatic carbocycles. The van der Waals surface area contributed by atoms with E-state index in [0.29, 0.717) is 19.2 Å². The minimum Gasteiger partial charge on any atom is -0.491 e. The van der Waals surface area contributed by atoms with E-state index in [1.165, 1.54) is 27.8 Å². The van der Waals surface area contributed by atoms with Crippen molar-refractivity contribution in [3.63, 3.8) is 0 Å². The number of aliphatic hydroxyl groups excluding tert-OH is 1. The summed E-state index contributed by atoms with van der Waals surface area (Å²) in [4.78, 5) is 0. The van der Waals surface area contributed by atoms with Crippen molar-refractivity contribution in [3.8, 4) is 5.75 Å². The highest BCUT2D eigenvalue weighted by atomic mass is 16.5. The van der Waals surface area contributed by atoms with Crippen LogP contribution >= 0.6 is 0 Å². The molecule has 2 unspecified atom stereocenters. The quantitative estimate of drug-likeness (QED) is 0.838. The summed E-state index contributed by atoms with van der Waals surface area (Å²) in [7, 11) is 0. The van der Waals surface area contributed by atoms with Crippen molar-refractivity contribution in [2.24, 2.45) is 0 Å². The molecular formula is C23H27NO2. The Hall–Kier alpha value is -2.10. The van der Waals surface area contributed by atoms with Gasteiger partial charge in [-0.05, 0) is 60.9 Å². The minimum absolute atomic E-state index is 0.325. The van der Waals surface area contributed by atoms with Gasteiger partial charge in [0.1, 0.15) is 18.5 Å². The Balaban J connectivity index is 1.26. The molecule has 0 aliphatic heterocycles. The molecule has 0 saturated carbocycles. The number of rotatable bonds is 6. The van der Waals surface area contributed by atoms with Crippen LogP contribution in [0, 0.1) is 0 Å². The third kappa shape index (κ3) is 3.69. The van der Waals surface area contributed by atoms with Gasteiger partial charge in [-0.2, -0.15) is 0 Å². The van der Waals surface area contributed by atoms with Crippen molar-refractivity contribution in [1.29, 1.82) is 0 Å². The lowest BCUT2D eigenvalue weighted by molar-refractivity contribution is 0.102. The highest BCUT2D eigenvalue weighted by Crippen LogP contribution is 2.33. The molecule has 2 aliphatic rings. The van der Waals surface area contributed by atoms with E-state index in [4.69, 9.17) is 4.74 Å². The highest BCUT2D eigenvalue weighted by Gasteiger charge is 2.19. The second-order valence-corrected chi connectivity index (χ2v) is 7.46. The van der Waals surface area contributed by atoms with E-state index in [9.17, 15) is 5.11 Å². The van der Waals surface area contributed by atoms with Gasteiger partial charge in [-0.25, -0.2) is 0 Å². The summed E-state index contributed by atoms with van der Waals surface area (Å²) in [5.41, 5.74) is 6.73. The fourth-order valence-corrected chi connectivity index (χ4v) is 4.07. The van der Waals surface area contributed by atoms with Crippen molar-refractivity contribution in [1.82, 2.24) is 5.32 Å². The van der Waals surface area contributed by atoms with Crippen LogP contribution in [0.15, 0.2) is 48.5 Å². The maximum Gasteiger partial charge on any atom is 0.123 e. The van der Waals surface area contributed by atoms with Crippen molar-refractivity contribution in [3.05, 3.63) is 70.8 Å². The van der Waals surface area contributed by atoms with Gasteiger partial charge in [-0.3, -0.25) is 0 Å². The zero-order valence-electron chi connectivity index (χ0n) is 15.4. The second kappa shape index (κ2) is 7.65. The predicted molar refractivity (Wildman–Crippen MR) is 106 cm³/mol. The summed E-state index contributed by atoms with van der Waals surface area (Å²) in [5.74, 6) is 0.904. The Morgan fingerprint density at radius 1 is 1.15 bits per heavy atom. The van der Waals surface area contributed by atoms with Crippen molar-refractivity contribution in [2.75, 3.05) is 13.2 Å². The van der Waals surface area contributed by atoms with E-state index in [1.807, 2.05) is 12.1 Å². The molecule has 0 amide bonds. The summed E-state index contributed by atoms with van der Waals surface area (Å²) in [6.07, 6.45) is 5.94. The zero-order valence-corrected chi connectivity index (χ0v) is 15.4. The molecule has 2 atom stereocenters. The molecule has 0 radical (unpaired) electrons. The summed E-state index contributed by atoms with van der Waals surface area (Å²) < 4.78 is 5.93. The molecule has 0 aromatic heterocycles. The first-order valence-corrected chi connectivity index (χ1v) is 9.61. The third-order valence-electron chi connectivity index (χ3n) is 5.59. The first kappa shape index (κ1) is 17.3. The minimum atomic E-state index is -0.501. The van der Waals surface area contributed by atoms with E-state index in [1.54, 1.807) is 0 Å². The van der Waals surface area contributed by atoms with Crippen molar-refractivity contribution in [2.45, 2.75) is 44.8 Å². The molecule has 4 rings (SSSR count). The van der Waals surface area contributed by atoms with Crippen LogP contribution in [0.25, 0.3) is 5.57 Å². The Morgan fingerprint density at radius 2 is 2.00 bits per heavy atom. The smallest absolute Gasteiger partial charge is 0.123 e. The molecule has 0 bridgehead atoms. The SMILES string of the molecule is CC1=CCc2c(OCC(O)CNC3CCc4ccccc4C3)cccc21. The number of allylic oxidation sites excluding steroid dienone is 2. The average Bonchev–Trinajstić information content (AvgIpc) is 3.06. The van der Waals surface area contributed by atoms with E-state index < -0.39 is 6.10 Å². The Kier molecular flexibility index (Phi) is 5.09. The lowest BCUT2D eigenvalue weighted by Crippen LogP contribution is -2.40. The van der Waals surface area contributed by atoms with Crippen LogP contribution < -0.4 is 10.1 Å². The molecule has 2 aliphatic carbocycles. The van der Waals surface area contributed by atoms with Gasteiger partial charge in [0, 0.05) is 18.2 Å². The molecule has 2 aromatic rings. The molecule has 0 spiro atoms. The van der Waals surface area contributed by atoms with E-state index in [0.717, 1.165) is 31.4 Å². The fourth-order valence-electron chi connectivity index (χ4n) is 4.07. The van der Waals surface area contributed by atoms with Gasteiger partial charge < -0.3 is 15.2 Å². The number of hydrogen-bond acceptors (Lipinski definition) is 3. The van der Waals surface area contributed by atoms with Gasteiger partial charge in [-0.15, -0.1) is 0 Å². The maximum absolute atomic E-state index is 10.3. The van der Waals surface area contributed by atoms with Crippen molar-refractivity contribution < 1.29 is 9.84 Å². The van der Waals surface area contributed by atoms with Crippen LogP contribution in [-0.2, 0) is 19.3 Å². The van der Waals surface area contributed by atoms with Crippen LogP contribution in [0.3, 0.4) is 0 Å². The maximum atomic E-state index is 10.3. The molecule has 0 fully saturated rings. The molecule has 3 nitrogen and oxygen atoms in total. The predicted octanol–water partition coefficient (Wildman–Crippen LogP) is 3.53. The lowest BCUT2D eigenvalue weighted by Gasteiger charge is -2.26. The van der Waals surface area contributed by atoms with Crippen LogP contribution in [0.1, 0.15) is 35.6 Å².